The van der Waals surface area contributed by atoms with Crippen molar-refractivity contribution in [3.05, 3.63) is 11.6 Å². The number of halogens is 1. The Balaban J connectivity index is 2.22. The maximum absolute atomic E-state index is 11.9. The van der Waals surface area contributed by atoms with Crippen LogP contribution >= 0.6 is 11.6 Å². The molecule has 2 saturated carbocycles. The van der Waals surface area contributed by atoms with Gasteiger partial charge in [-0.15, -0.1) is 11.6 Å². The van der Waals surface area contributed by atoms with Gasteiger partial charge in [0.25, 0.3) is 0 Å². The first-order valence-corrected chi connectivity index (χ1v) is 7.28. The van der Waals surface area contributed by atoms with E-state index in [1.165, 1.54) is 0 Å². The first kappa shape index (κ1) is 13.6. The molecule has 2 bridgehead atoms. The molecule has 0 aromatic heterocycles. The zero-order valence-corrected chi connectivity index (χ0v) is 12.4. The summed E-state index contributed by atoms with van der Waals surface area (Å²) in [7, 11) is 0. The Labute approximate surface area is 118 Å². The number of carbonyl (C=O) groups excluding carboxylic acids is 1. The van der Waals surface area contributed by atoms with Crippen molar-refractivity contribution < 1.29 is 15.0 Å². The van der Waals surface area contributed by atoms with Crippen LogP contribution in [0.1, 0.15) is 46.5 Å². The first-order chi connectivity index (χ1) is 8.56. The summed E-state index contributed by atoms with van der Waals surface area (Å²) in [4.78, 5) is 10.9. The number of fused-ring (bicyclic) bond motifs is 1. The van der Waals surface area contributed by atoms with E-state index < -0.39 is 16.6 Å². The Bertz CT molecular complexity index is 494. The molecule has 1 spiro atoms. The van der Waals surface area contributed by atoms with E-state index in [0.29, 0.717) is 19.3 Å². The van der Waals surface area contributed by atoms with E-state index in [2.05, 4.69) is 13.8 Å². The highest BCUT2D eigenvalue weighted by Crippen LogP contribution is 2.70. The number of hydrogen-bond acceptors (Lipinski definition) is 3. The average Bonchev–Trinajstić information content (AvgIpc) is 2.46. The molecule has 0 aromatic rings. The van der Waals surface area contributed by atoms with Crippen molar-refractivity contribution in [1.82, 2.24) is 0 Å². The van der Waals surface area contributed by atoms with Crippen LogP contribution in [0.3, 0.4) is 0 Å². The Kier molecular flexibility index (Phi) is 2.46. The fourth-order valence-corrected chi connectivity index (χ4v) is 4.98. The van der Waals surface area contributed by atoms with E-state index in [9.17, 15) is 15.0 Å². The average molecular weight is 285 g/mol. The molecule has 4 heteroatoms. The van der Waals surface area contributed by atoms with Gasteiger partial charge in [-0.2, -0.15) is 0 Å². The number of rotatable bonds is 0. The zero-order valence-electron chi connectivity index (χ0n) is 11.7. The third kappa shape index (κ3) is 1.39. The number of ketones is 1. The van der Waals surface area contributed by atoms with E-state index in [1.807, 2.05) is 0 Å². The molecular weight excluding hydrogens is 264 g/mol. The SMILES string of the molecule is CC1(C)CC(=O)C=C2[C@H](O)[C@]3(Cl)C[C@@]21CC[C@@]3(C)O. The monoisotopic (exact) mass is 284 g/mol. The van der Waals surface area contributed by atoms with Gasteiger partial charge in [0.15, 0.2) is 5.78 Å². The van der Waals surface area contributed by atoms with Crippen LogP contribution in [0.2, 0.25) is 0 Å². The topological polar surface area (TPSA) is 57.5 Å². The van der Waals surface area contributed by atoms with E-state index in [-0.39, 0.29) is 16.6 Å². The fraction of sp³-hybridized carbons (Fsp3) is 0.800. The Morgan fingerprint density at radius 1 is 1.32 bits per heavy atom. The van der Waals surface area contributed by atoms with Crippen LogP contribution in [0.5, 0.6) is 0 Å². The lowest BCUT2D eigenvalue weighted by atomic mass is 9.53. The van der Waals surface area contributed by atoms with Crippen molar-refractivity contribution in [3.63, 3.8) is 0 Å². The largest absolute Gasteiger partial charge is 0.388 e. The van der Waals surface area contributed by atoms with Gasteiger partial charge in [0.05, 0.1) is 11.7 Å². The maximum atomic E-state index is 11.9. The summed E-state index contributed by atoms with van der Waals surface area (Å²) in [5.74, 6) is 0.0529. The lowest BCUT2D eigenvalue weighted by Gasteiger charge is -2.52. The van der Waals surface area contributed by atoms with Crippen molar-refractivity contribution in [3.8, 4) is 0 Å². The molecule has 3 aliphatic carbocycles. The minimum Gasteiger partial charge on any atom is -0.388 e. The minimum absolute atomic E-state index is 0.0529. The van der Waals surface area contributed by atoms with Crippen LogP contribution in [0, 0.1) is 10.8 Å². The maximum Gasteiger partial charge on any atom is 0.156 e. The predicted molar refractivity (Wildman–Crippen MR) is 73.0 cm³/mol. The normalized spacial score (nSPS) is 51.8. The molecule has 0 saturated heterocycles. The second-order valence-electron chi connectivity index (χ2n) is 7.42. The molecule has 0 aliphatic heterocycles. The molecule has 19 heavy (non-hydrogen) atoms. The van der Waals surface area contributed by atoms with Gasteiger partial charge in [-0.3, -0.25) is 4.79 Å². The summed E-state index contributed by atoms with van der Waals surface area (Å²) < 4.78 is 0. The number of allylic oxidation sites excluding steroid dienone is 1. The quantitative estimate of drug-likeness (QED) is 0.671. The second kappa shape index (κ2) is 3.44. The summed E-state index contributed by atoms with van der Waals surface area (Å²) in [6, 6.07) is 0. The first-order valence-electron chi connectivity index (χ1n) is 6.90. The molecule has 4 atom stereocenters. The van der Waals surface area contributed by atoms with E-state index >= 15 is 0 Å². The fourth-order valence-electron chi connectivity index (χ4n) is 4.54. The van der Waals surface area contributed by atoms with E-state index in [4.69, 9.17) is 11.6 Å². The van der Waals surface area contributed by atoms with Crippen molar-refractivity contribution >= 4 is 17.4 Å². The van der Waals surface area contributed by atoms with Crippen molar-refractivity contribution in [1.29, 1.82) is 0 Å². The number of alkyl halides is 1. The number of hydrogen-bond donors (Lipinski definition) is 2. The molecule has 3 nitrogen and oxygen atoms in total. The zero-order chi connectivity index (χ0) is 14.3. The molecule has 3 aliphatic rings. The number of aliphatic hydroxyl groups excluding tert-OH is 1. The van der Waals surface area contributed by atoms with Crippen molar-refractivity contribution in [2.75, 3.05) is 0 Å². The molecule has 0 aromatic carbocycles. The summed E-state index contributed by atoms with van der Waals surface area (Å²) in [5.41, 5.74) is -0.815. The van der Waals surface area contributed by atoms with Gasteiger partial charge in [-0.1, -0.05) is 13.8 Å². The van der Waals surface area contributed by atoms with Gasteiger partial charge in [-0.25, -0.2) is 0 Å². The highest BCUT2D eigenvalue weighted by atomic mass is 35.5. The molecule has 2 N–H and O–H groups in total. The van der Waals surface area contributed by atoms with Gasteiger partial charge >= 0.3 is 0 Å². The van der Waals surface area contributed by atoms with Crippen LogP contribution in [0.15, 0.2) is 11.6 Å². The van der Waals surface area contributed by atoms with Crippen molar-refractivity contribution in [2.45, 2.75) is 63.0 Å². The molecule has 3 rings (SSSR count). The highest BCUT2D eigenvalue weighted by molar-refractivity contribution is 6.26. The Morgan fingerprint density at radius 3 is 2.58 bits per heavy atom. The lowest BCUT2D eigenvalue weighted by Crippen LogP contribution is -2.56. The number of carbonyl (C=O) groups is 1. The van der Waals surface area contributed by atoms with Gasteiger partial charge in [-0.05, 0) is 43.3 Å². The van der Waals surface area contributed by atoms with Crippen LogP contribution in [0.25, 0.3) is 0 Å². The lowest BCUT2D eigenvalue weighted by molar-refractivity contribution is -0.121. The summed E-state index contributed by atoms with van der Waals surface area (Å²) in [6.07, 6.45) is 3.01. The van der Waals surface area contributed by atoms with E-state index in [1.54, 1.807) is 13.0 Å². The van der Waals surface area contributed by atoms with Gasteiger partial charge in [0, 0.05) is 11.8 Å². The van der Waals surface area contributed by atoms with Crippen LogP contribution in [0.4, 0.5) is 0 Å². The predicted octanol–water partition coefficient (Wildman–Crippen LogP) is 2.19. The third-order valence-corrected chi connectivity index (χ3v) is 6.75. The molecule has 0 radical (unpaired) electrons. The second-order valence-corrected chi connectivity index (χ2v) is 8.10. The Morgan fingerprint density at radius 2 is 1.95 bits per heavy atom. The molecule has 0 amide bonds. The van der Waals surface area contributed by atoms with E-state index in [0.717, 1.165) is 12.0 Å². The van der Waals surface area contributed by atoms with Gasteiger partial charge in [0.1, 0.15) is 4.87 Å². The summed E-state index contributed by atoms with van der Waals surface area (Å²) >= 11 is 6.64. The number of aliphatic hydroxyl groups is 2. The summed E-state index contributed by atoms with van der Waals surface area (Å²) in [6.45, 7) is 5.85. The minimum atomic E-state index is -1.10. The molecule has 0 heterocycles. The summed E-state index contributed by atoms with van der Waals surface area (Å²) in [5, 5.41) is 21.2. The third-order valence-electron chi connectivity index (χ3n) is 6.00. The molecule has 106 valence electrons. The molecule has 0 unspecified atom stereocenters. The molecule has 2 fully saturated rings. The standard InChI is InChI=1S/C15H21ClO3/c1-12(2)7-9(17)6-10-11(18)15(16)8-14(10,12)5-4-13(15,3)19/h6,11,18-19H,4-5,7-8H2,1-3H3/t11-,13+,14-,15+/m0/s1. The van der Waals surface area contributed by atoms with Gasteiger partial charge < -0.3 is 10.2 Å². The smallest absolute Gasteiger partial charge is 0.156 e. The van der Waals surface area contributed by atoms with Crippen LogP contribution < -0.4 is 0 Å². The van der Waals surface area contributed by atoms with Crippen LogP contribution in [-0.4, -0.2) is 32.6 Å². The molecular formula is C15H21ClO3. The Hall–Kier alpha value is -0.380. The van der Waals surface area contributed by atoms with Crippen LogP contribution in [-0.2, 0) is 4.79 Å². The highest BCUT2D eigenvalue weighted by Gasteiger charge is 2.71. The van der Waals surface area contributed by atoms with Crippen molar-refractivity contribution in [2.24, 2.45) is 10.8 Å². The van der Waals surface area contributed by atoms with Gasteiger partial charge in [0.2, 0.25) is 0 Å².